The van der Waals surface area contributed by atoms with Crippen LogP contribution in [-0.2, 0) is 20.1 Å². The zero-order valence-corrected chi connectivity index (χ0v) is 14.4. The predicted molar refractivity (Wildman–Crippen MR) is 83.4 cm³/mol. The van der Waals surface area contributed by atoms with Crippen molar-refractivity contribution >= 4 is 0 Å². The minimum atomic E-state index is 0. The molecule has 0 amide bonds. The van der Waals surface area contributed by atoms with Crippen LogP contribution in [-0.4, -0.2) is 4.98 Å². The first-order valence-electron chi connectivity index (χ1n) is 6.76. The van der Waals surface area contributed by atoms with E-state index >= 15 is 0 Å². The van der Waals surface area contributed by atoms with Gasteiger partial charge in [-0.3, -0.25) is 0 Å². The second-order valence-electron chi connectivity index (χ2n) is 4.94. The van der Waals surface area contributed by atoms with E-state index in [1.54, 1.807) is 0 Å². The Bertz CT molecular complexity index is 715. The molecule has 0 spiro atoms. The molecule has 0 saturated carbocycles. The Morgan fingerprint density at radius 3 is 2.29 bits per heavy atom. The van der Waals surface area contributed by atoms with Gasteiger partial charge in [0.1, 0.15) is 0 Å². The predicted octanol–water partition coefficient (Wildman–Crippen LogP) is 4.83. The van der Waals surface area contributed by atoms with Gasteiger partial charge in [0.2, 0.25) is 0 Å². The maximum absolute atomic E-state index is 4.46. The first-order valence-corrected chi connectivity index (χ1v) is 6.76. The first-order chi connectivity index (χ1) is 9.77. The van der Waals surface area contributed by atoms with Crippen molar-refractivity contribution in [3.05, 3.63) is 78.0 Å². The Morgan fingerprint density at radius 2 is 1.62 bits per heavy atom. The van der Waals surface area contributed by atoms with Crippen LogP contribution in [0.15, 0.2) is 60.8 Å². The van der Waals surface area contributed by atoms with Crippen molar-refractivity contribution in [3.63, 3.8) is 0 Å². The summed E-state index contributed by atoms with van der Waals surface area (Å²) in [5.41, 5.74) is 7.06. The fraction of sp³-hybridized carbons (Fsp3) is 0.105. The molecule has 3 rings (SSSR count). The number of pyridine rings is 1. The van der Waals surface area contributed by atoms with Crippen molar-refractivity contribution in [3.8, 4) is 22.4 Å². The van der Waals surface area contributed by atoms with Gasteiger partial charge < -0.3 is 4.98 Å². The molecule has 1 aromatic heterocycles. The molecule has 1 radical (unpaired) electrons. The Balaban J connectivity index is 0.00000161. The number of aryl methyl sites for hydroxylation is 2. The summed E-state index contributed by atoms with van der Waals surface area (Å²) in [5, 5.41) is 0. The molecule has 0 fully saturated rings. The van der Waals surface area contributed by atoms with Crippen molar-refractivity contribution in [1.29, 1.82) is 0 Å². The fourth-order valence-corrected chi connectivity index (χ4v) is 2.61. The van der Waals surface area contributed by atoms with Gasteiger partial charge >= 0.3 is 0 Å². The fourth-order valence-electron chi connectivity index (χ4n) is 2.61. The van der Waals surface area contributed by atoms with Gasteiger partial charge in [-0.25, -0.2) is 0 Å². The van der Waals surface area contributed by atoms with Crippen molar-refractivity contribution in [2.75, 3.05) is 0 Å². The van der Waals surface area contributed by atoms with E-state index in [2.05, 4.69) is 49.2 Å². The molecular formula is C19H16IrN-. The molecule has 2 aromatic carbocycles. The quantitative estimate of drug-likeness (QED) is 0.510. The van der Waals surface area contributed by atoms with Gasteiger partial charge in [0.25, 0.3) is 0 Å². The summed E-state index contributed by atoms with van der Waals surface area (Å²) in [6.45, 7) is 4.30. The molecule has 21 heavy (non-hydrogen) atoms. The van der Waals surface area contributed by atoms with E-state index in [0.29, 0.717) is 0 Å². The van der Waals surface area contributed by atoms with Crippen LogP contribution in [0.1, 0.15) is 11.1 Å². The van der Waals surface area contributed by atoms with Gasteiger partial charge in [-0.05, 0) is 25.6 Å². The van der Waals surface area contributed by atoms with Gasteiger partial charge in [0, 0.05) is 26.3 Å². The van der Waals surface area contributed by atoms with Crippen molar-refractivity contribution < 1.29 is 20.1 Å². The molecule has 1 nitrogen and oxygen atoms in total. The molecular weight excluding hydrogens is 434 g/mol. The molecule has 107 valence electrons. The standard InChI is InChI=1S/C19H16N.Ir/c1-14-8-7-9-15(2)19(14)17-11-4-3-10-16(17)18-12-5-6-13-20-18;/h3-9,11-13H,1-2H3;/q-1;. The van der Waals surface area contributed by atoms with E-state index in [4.69, 9.17) is 0 Å². The topological polar surface area (TPSA) is 12.9 Å². The number of hydrogen-bond acceptors (Lipinski definition) is 1. The molecule has 0 aliphatic rings. The Morgan fingerprint density at radius 1 is 0.857 bits per heavy atom. The average Bonchev–Trinajstić information content (AvgIpc) is 2.48. The van der Waals surface area contributed by atoms with Crippen LogP contribution in [0.25, 0.3) is 22.4 Å². The average molecular weight is 451 g/mol. The van der Waals surface area contributed by atoms with Crippen LogP contribution in [0.3, 0.4) is 0 Å². The smallest absolute Gasteiger partial charge is 0.0160 e. The molecule has 0 bridgehead atoms. The monoisotopic (exact) mass is 451 g/mol. The molecule has 0 aliphatic carbocycles. The summed E-state index contributed by atoms with van der Waals surface area (Å²) in [4.78, 5) is 4.46. The van der Waals surface area contributed by atoms with Crippen molar-refractivity contribution in [2.45, 2.75) is 13.8 Å². The summed E-state index contributed by atoms with van der Waals surface area (Å²) in [5.74, 6) is 0. The van der Waals surface area contributed by atoms with Crippen LogP contribution in [0.5, 0.6) is 0 Å². The van der Waals surface area contributed by atoms with Gasteiger partial charge in [-0.2, -0.15) is 0 Å². The van der Waals surface area contributed by atoms with Gasteiger partial charge in [-0.15, -0.1) is 29.8 Å². The third-order valence-electron chi connectivity index (χ3n) is 3.53. The van der Waals surface area contributed by atoms with Crippen LogP contribution < -0.4 is 0 Å². The maximum atomic E-state index is 4.46. The molecule has 2 heteroatoms. The Labute approximate surface area is 139 Å². The molecule has 1 heterocycles. The minimum Gasteiger partial charge on any atom is -0.305 e. The second-order valence-corrected chi connectivity index (χ2v) is 4.94. The molecule has 0 unspecified atom stereocenters. The van der Waals surface area contributed by atoms with Gasteiger partial charge in [0.05, 0.1) is 0 Å². The van der Waals surface area contributed by atoms with Crippen molar-refractivity contribution in [1.82, 2.24) is 4.98 Å². The summed E-state index contributed by atoms with van der Waals surface area (Å²) < 4.78 is 0. The second kappa shape index (κ2) is 6.80. The maximum Gasteiger partial charge on any atom is 0.0160 e. The van der Waals surface area contributed by atoms with Gasteiger partial charge in [-0.1, -0.05) is 52.6 Å². The van der Waals surface area contributed by atoms with Crippen LogP contribution in [0.4, 0.5) is 0 Å². The van der Waals surface area contributed by atoms with E-state index in [9.17, 15) is 0 Å². The van der Waals surface area contributed by atoms with Crippen molar-refractivity contribution in [2.24, 2.45) is 0 Å². The summed E-state index contributed by atoms with van der Waals surface area (Å²) in [7, 11) is 0. The van der Waals surface area contributed by atoms with E-state index in [-0.39, 0.29) is 20.1 Å². The van der Waals surface area contributed by atoms with Crippen LogP contribution >= 0.6 is 0 Å². The molecule has 0 saturated heterocycles. The van der Waals surface area contributed by atoms with E-state index < -0.39 is 0 Å². The van der Waals surface area contributed by atoms with E-state index in [0.717, 1.165) is 11.3 Å². The van der Waals surface area contributed by atoms with Crippen LogP contribution in [0.2, 0.25) is 0 Å². The third-order valence-corrected chi connectivity index (χ3v) is 3.53. The molecule has 3 aromatic rings. The minimum absolute atomic E-state index is 0. The number of rotatable bonds is 2. The number of benzene rings is 2. The summed E-state index contributed by atoms with van der Waals surface area (Å²) >= 11 is 0. The third kappa shape index (κ3) is 3.12. The van der Waals surface area contributed by atoms with Crippen LogP contribution in [0, 0.1) is 19.9 Å². The zero-order chi connectivity index (χ0) is 13.9. The summed E-state index contributed by atoms with van der Waals surface area (Å²) in [6, 6.07) is 21.9. The normalized spacial score (nSPS) is 10.0. The molecule has 0 aliphatic heterocycles. The van der Waals surface area contributed by atoms with E-state index in [1.807, 2.05) is 36.5 Å². The number of nitrogens with zero attached hydrogens (tertiary/aromatic N) is 1. The SMILES string of the molecule is Cc1cccc(C)c1-c1ccc[c-]c1-c1ccccn1.[Ir]. The number of hydrogen-bond donors (Lipinski definition) is 0. The Hall–Kier alpha value is -1.76. The van der Waals surface area contributed by atoms with Gasteiger partial charge in [0.15, 0.2) is 0 Å². The first kappa shape index (κ1) is 15.6. The Kier molecular flexibility index (Phi) is 5.06. The zero-order valence-electron chi connectivity index (χ0n) is 12.1. The molecule has 0 N–H and O–H groups in total. The largest absolute Gasteiger partial charge is 0.305 e. The number of aromatic nitrogens is 1. The molecule has 0 atom stereocenters. The van der Waals surface area contributed by atoms with E-state index in [1.165, 1.54) is 22.3 Å². The summed E-state index contributed by atoms with van der Waals surface area (Å²) in [6.07, 6.45) is 1.82.